The van der Waals surface area contributed by atoms with E-state index >= 15 is 0 Å². The van der Waals surface area contributed by atoms with Gasteiger partial charge in [-0.25, -0.2) is 18.2 Å². The highest BCUT2D eigenvalue weighted by Crippen LogP contribution is 2.27. The largest absolute Gasteiger partial charge is 0.464 e. The second-order valence-electron chi connectivity index (χ2n) is 11.8. The summed E-state index contributed by atoms with van der Waals surface area (Å²) in [6, 6.07) is 11.7. The Labute approximate surface area is 285 Å². The van der Waals surface area contributed by atoms with Crippen LogP contribution in [0.25, 0.3) is 0 Å². The fourth-order valence-electron chi connectivity index (χ4n) is 4.69. The molecule has 1 aromatic carbocycles. The van der Waals surface area contributed by atoms with Gasteiger partial charge in [0.1, 0.15) is 5.60 Å². The van der Waals surface area contributed by atoms with Crippen LogP contribution in [-0.4, -0.2) is 91.0 Å². The first-order valence-corrected chi connectivity index (χ1v) is 17.9. The number of para-hydroxylation sites is 1. The van der Waals surface area contributed by atoms with Crippen LogP contribution in [0.4, 0.5) is 22.2 Å². The SMILES string of the molecule is CSN(C)c1ccccc1C(=O)Nc1ccc(S(=O)(=O)C2CCN(c3nc(C)cc(OCC#CCNC(=O)OC(C)(C)C)n3)CC2)nn1. The second-order valence-corrected chi connectivity index (χ2v) is 14.9. The van der Waals surface area contributed by atoms with Gasteiger partial charge in [-0.1, -0.05) is 35.9 Å². The molecule has 0 radical (unpaired) electrons. The topological polar surface area (TPSA) is 169 Å². The number of aromatic nitrogens is 4. The molecule has 1 aliphatic heterocycles. The number of sulfone groups is 1. The monoisotopic (exact) mass is 696 g/mol. The van der Waals surface area contributed by atoms with Crippen molar-refractivity contribution in [3.05, 3.63) is 53.7 Å². The number of anilines is 3. The third-order valence-corrected chi connectivity index (χ3v) is 9.95. The summed E-state index contributed by atoms with van der Waals surface area (Å²) < 4.78 is 39.6. The predicted octanol–water partition coefficient (Wildman–Crippen LogP) is 3.89. The summed E-state index contributed by atoms with van der Waals surface area (Å²) in [7, 11) is -1.92. The Bertz CT molecular complexity index is 1760. The molecule has 2 amide bonds. The van der Waals surface area contributed by atoms with E-state index in [0.29, 0.717) is 49.0 Å². The zero-order valence-electron chi connectivity index (χ0n) is 27.8. The van der Waals surface area contributed by atoms with Gasteiger partial charge in [-0.15, -0.1) is 10.2 Å². The highest BCUT2D eigenvalue weighted by molar-refractivity contribution is 7.99. The van der Waals surface area contributed by atoms with Crippen molar-refractivity contribution in [2.75, 3.05) is 54.1 Å². The first kappa shape index (κ1) is 36.2. The molecule has 4 rings (SSSR count). The number of aryl methyl sites for hydroxylation is 1. The molecule has 1 saturated heterocycles. The summed E-state index contributed by atoms with van der Waals surface area (Å²) in [5.74, 6) is 6.16. The van der Waals surface area contributed by atoms with Crippen molar-refractivity contribution in [3.8, 4) is 17.7 Å². The average Bonchev–Trinajstić information content (AvgIpc) is 3.05. The minimum atomic E-state index is -3.77. The number of piperidine rings is 1. The summed E-state index contributed by atoms with van der Waals surface area (Å²) in [6.07, 6.45) is 2.04. The van der Waals surface area contributed by atoms with Gasteiger partial charge in [-0.05, 0) is 64.8 Å². The average molecular weight is 697 g/mol. The van der Waals surface area contributed by atoms with Crippen molar-refractivity contribution in [2.24, 2.45) is 0 Å². The third-order valence-electron chi connectivity index (χ3n) is 7.05. The van der Waals surface area contributed by atoms with Crippen molar-refractivity contribution in [1.82, 2.24) is 25.5 Å². The normalized spacial score (nSPS) is 13.6. The van der Waals surface area contributed by atoms with Gasteiger partial charge in [-0.3, -0.25) is 4.79 Å². The summed E-state index contributed by atoms with van der Waals surface area (Å²) in [5, 5.41) is 12.4. The molecule has 256 valence electrons. The van der Waals surface area contributed by atoms with Crippen LogP contribution < -0.4 is 24.6 Å². The van der Waals surface area contributed by atoms with Crippen LogP contribution in [0.15, 0.2) is 47.5 Å². The van der Waals surface area contributed by atoms with Crippen LogP contribution in [-0.2, 0) is 14.6 Å². The fourth-order valence-corrected chi connectivity index (χ4v) is 6.63. The lowest BCUT2D eigenvalue weighted by Gasteiger charge is -2.31. The molecule has 3 aromatic rings. The number of benzene rings is 1. The first-order chi connectivity index (χ1) is 22.8. The molecule has 16 heteroatoms. The molecular formula is C32H40N8O6S2. The molecular weight excluding hydrogens is 657 g/mol. The maximum absolute atomic E-state index is 13.4. The van der Waals surface area contributed by atoms with Crippen molar-refractivity contribution >= 4 is 51.2 Å². The van der Waals surface area contributed by atoms with Crippen molar-refractivity contribution in [2.45, 2.75) is 56.4 Å². The molecule has 1 fully saturated rings. The Kier molecular flexibility index (Phi) is 12.1. The van der Waals surface area contributed by atoms with Crippen molar-refractivity contribution in [1.29, 1.82) is 0 Å². The van der Waals surface area contributed by atoms with E-state index in [2.05, 4.69) is 42.6 Å². The highest BCUT2D eigenvalue weighted by Gasteiger charge is 2.33. The van der Waals surface area contributed by atoms with Crippen LogP contribution in [0.3, 0.4) is 0 Å². The lowest BCUT2D eigenvalue weighted by molar-refractivity contribution is 0.0535. The summed E-state index contributed by atoms with van der Waals surface area (Å²) in [5.41, 5.74) is 1.28. The summed E-state index contributed by atoms with van der Waals surface area (Å²) in [4.78, 5) is 35.6. The van der Waals surface area contributed by atoms with Crippen molar-refractivity contribution < 1.29 is 27.5 Å². The number of nitrogens with zero attached hydrogens (tertiary/aromatic N) is 6. The molecule has 0 saturated carbocycles. The van der Waals surface area contributed by atoms with Gasteiger partial charge < -0.3 is 29.3 Å². The van der Waals surface area contributed by atoms with E-state index in [-0.39, 0.29) is 29.9 Å². The van der Waals surface area contributed by atoms with Gasteiger partial charge in [0.2, 0.25) is 11.8 Å². The van der Waals surface area contributed by atoms with Crippen LogP contribution in [0.2, 0.25) is 0 Å². The van der Waals surface area contributed by atoms with Gasteiger partial charge >= 0.3 is 6.09 Å². The van der Waals surface area contributed by atoms with Crippen LogP contribution in [0, 0.1) is 18.8 Å². The molecule has 0 bridgehead atoms. The number of alkyl carbamates (subject to hydrolysis) is 1. The Morgan fingerprint density at radius 3 is 2.48 bits per heavy atom. The number of rotatable bonds is 10. The van der Waals surface area contributed by atoms with E-state index in [1.807, 2.05) is 41.6 Å². The van der Waals surface area contributed by atoms with Crippen molar-refractivity contribution in [3.63, 3.8) is 0 Å². The van der Waals surface area contributed by atoms with Gasteiger partial charge in [-0.2, -0.15) is 4.98 Å². The first-order valence-electron chi connectivity index (χ1n) is 15.2. The standard InChI is InChI=1S/C32H40N8O6S2/c1-22-21-27(45-20-10-9-17-33-31(42)46-32(2,3)4)36-30(34-22)40-18-15-23(16-19-40)48(43,44)28-14-13-26(37-38-28)35-29(41)24-11-7-8-12-25(24)39(5)47-6/h7-8,11-14,21,23H,15-20H2,1-6H3,(H,33,42)(H,35,37,41). The number of amides is 2. The van der Waals surface area contributed by atoms with E-state index in [1.54, 1.807) is 39.0 Å². The smallest absolute Gasteiger partial charge is 0.408 e. The number of ether oxygens (including phenoxy) is 2. The molecule has 2 aromatic heterocycles. The molecule has 0 aliphatic carbocycles. The zero-order valence-corrected chi connectivity index (χ0v) is 29.4. The number of carbonyl (C=O) groups is 2. The Morgan fingerprint density at radius 1 is 1.08 bits per heavy atom. The molecule has 3 heterocycles. The quantitative estimate of drug-likeness (QED) is 0.232. The van der Waals surface area contributed by atoms with Crippen LogP contribution in [0.5, 0.6) is 5.88 Å². The lowest BCUT2D eigenvalue weighted by atomic mass is 10.1. The molecule has 2 N–H and O–H groups in total. The Balaban J connectivity index is 1.30. The highest BCUT2D eigenvalue weighted by atomic mass is 32.2. The number of nitrogens with one attached hydrogen (secondary N) is 2. The third kappa shape index (κ3) is 9.94. The zero-order chi connectivity index (χ0) is 34.9. The molecule has 1 aliphatic rings. The minimum Gasteiger partial charge on any atom is -0.464 e. The van der Waals surface area contributed by atoms with Crippen LogP contribution >= 0.6 is 11.9 Å². The molecule has 14 nitrogen and oxygen atoms in total. The molecule has 0 spiro atoms. The maximum Gasteiger partial charge on any atom is 0.408 e. The summed E-state index contributed by atoms with van der Waals surface area (Å²) >= 11 is 1.47. The number of carbonyl (C=O) groups excluding carboxylic acids is 2. The van der Waals surface area contributed by atoms with E-state index in [4.69, 9.17) is 9.47 Å². The molecule has 0 atom stereocenters. The number of hydrogen-bond acceptors (Lipinski definition) is 13. The van der Waals surface area contributed by atoms with E-state index in [9.17, 15) is 18.0 Å². The van der Waals surface area contributed by atoms with Crippen LogP contribution in [0.1, 0.15) is 49.7 Å². The fraction of sp³-hybridized carbons (Fsp3) is 0.438. The van der Waals surface area contributed by atoms with Gasteiger partial charge in [0.15, 0.2) is 27.3 Å². The lowest BCUT2D eigenvalue weighted by Crippen LogP contribution is -2.40. The van der Waals surface area contributed by atoms with E-state index in [0.717, 1.165) is 5.69 Å². The minimum absolute atomic E-state index is 0.0539. The molecule has 0 unspecified atom stereocenters. The number of hydrogen-bond donors (Lipinski definition) is 2. The van der Waals surface area contributed by atoms with E-state index in [1.165, 1.54) is 24.1 Å². The van der Waals surface area contributed by atoms with E-state index < -0.39 is 26.8 Å². The summed E-state index contributed by atoms with van der Waals surface area (Å²) in [6.45, 7) is 8.14. The van der Waals surface area contributed by atoms with Gasteiger partial charge in [0.25, 0.3) is 5.91 Å². The second kappa shape index (κ2) is 16.0. The Hall–Kier alpha value is -4.62. The van der Waals surface area contributed by atoms with Gasteiger partial charge in [0, 0.05) is 38.2 Å². The predicted molar refractivity (Wildman–Crippen MR) is 185 cm³/mol. The molecule has 48 heavy (non-hydrogen) atoms. The van der Waals surface area contributed by atoms with Gasteiger partial charge in [0.05, 0.1) is 23.0 Å². The maximum atomic E-state index is 13.4. The Morgan fingerprint density at radius 2 is 1.81 bits per heavy atom.